The molecule has 6 saturated carbocycles. The van der Waals surface area contributed by atoms with Crippen molar-refractivity contribution in [2.24, 2.45) is 44.8 Å². The molecule has 6 aliphatic carbocycles. The van der Waals surface area contributed by atoms with Crippen LogP contribution >= 0.6 is 0 Å². The predicted molar refractivity (Wildman–Crippen MR) is 176 cm³/mol. The lowest BCUT2D eigenvalue weighted by molar-refractivity contribution is -0.244. The second-order valence-electron chi connectivity index (χ2n) is 18.8. The van der Waals surface area contributed by atoms with E-state index in [1.54, 1.807) is 19.8 Å². The molecule has 0 aromatic heterocycles. The summed E-state index contributed by atoms with van der Waals surface area (Å²) in [4.78, 5) is 14.6. The van der Waals surface area contributed by atoms with Crippen molar-refractivity contribution in [3.8, 4) is 0 Å². The topological polar surface area (TPSA) is 97.7 Å². The molecule has 263 valence electrons. The Morgan fingerprint density at radius 3 is 2.51 bits per heavy atom. The third-order valence-corrected chi connectivity index (χ3v) is 15.7. The van der Waals surface area contributed by atoms with E-state index in [1.165, 1.54) is 39.0 Å². The average molecular weight is 655 g/mol. The highest BCUT2D eigenvalue weighted by Crippen LogP contribution is 2.90. The molecule has 8 rings (SSSR count). The van der Waals surface area contributed by atoms with E-state index in [2.05, 4.69) is 39.5 Å². The minimum atomic E-state index is -1.30. The van der Waals surface area contributed by atoms with Crippen molar-refractivity contribution in [3.05, 3.63) is 18.1 Å². The van der Waals surface area contributed by atoms with Crippen LogP contribution in [0.5, 0.6) is 0 Å². The summed E-state index contributed by atoms with van der Waals surface area (Å²) in [6.07, 6.45) is 10.9. The fourth-order valence-electron chi connectivity index (χ4n) is 13.3. The Morgan fingerprint density at radius 2 is 1.83 bits per heavy atom. The summed E-state index contributed by atoms with van der Waals surface area (Å²) < 4.78 is 25.4. The maximum atomic E-state index is 12.5. The number of rotatable bonds is 6. The van der Waals surface area contributed by atoms with Crippen LogP contribution in [0.4, 0.5) is 0 Å². The third kappa shape index (κ3) is 4.55. The van der Waals surface area contributed by atoms with Crippen LogP contribution in [0, 0.1) is 63.0 Å². The molecule has 1 unspecified atom stereocenters. The van der Waals surface area contributed by atoms with E-state index in [1.807, 2.05) is 0 Å². The fourth-order valence-corrected chi connectivity index (χ4v) is 13.3. The normalized spacial score (nSPS) is 49.2. The molecule has 3 radical (unpaired) electrons. The number of aliphatic hydroxyl groups excluding tert-OH is 1. The lowest BCUT2D eigenvalue weighted by Gasteiger charge is -2.63. The number of carbonyl (C=O) groups excluding carboxylic acids is 1. The van der Waals surface area contributed by atoms with Crippen molar-refractivity contribution in [1.82, 2.24) is 4.90 Å². The lowest BCUT2D eigenvalue weighted by atomic mass is 9.41. The van der Waals surface area contributed by atoms with Crippen LogP contribution in [0.1, 0.15) is 120 Å². The van der Waals surface area contributed by atoms with Crippen molar-refractivity contribution in [2.75, 3.05) is 19.7 Å². The molecule has 2 N–H and O–H groups in total. The molecular weight excluding hydrogens is 594 g/mol. The van der Waals surface area contributed by atoms with Crippen molar-refractivity contribution >= 4 is 5.97 Å². The van der Waals surface area contributed by atoms with Gasteiger partial charge in [0.1, 0.15) is 12.2 Å². The Labute approximate surface area is 283 Å². The van der Waals surface area contributed by atoms with Crippen molar-refractivity contribution in [3.63, 3.8) is 0 Å². The van der Waals surface area contributed by atoms with E-state index >= 15 is 0 Å². The van der Waals surface area contributed by atoms with Crippen LogP contribution in [-0.2, 0) is 23.7 Å². The Balaban J connectivity index is 1.04. The molecule has 2 saturated heterocycles. The highest BCUT2D eigenvalue weighted by molar-refractivity contribution is 5.66. The molecular formula is C39H60NO7. The highest BCUT2D eigenvalue weighted by Gasteiger charge is 2.85. The minimum absolute atomic E-state index is 0.0570. The molecule has 0 amide bonds. The first-order valence-electron chi connectivity index (χ1n) is 18.9. The van der Waals surface area contributed by atoms with E-state index in [0.29, 0.717) is 18.4 Å². The number of hydrogen-bond acceptors (Lipinski definition) is 8. The number of hydrogen-bond donors (Lipinski definition) is 2. The first kappa shape index (κ1) is 33.4. The molecule has 8 nitrogen and oxygen atoms in total. The predicted octanol–water partition coefficient (Wildman–Crippen LogP) is 5.99. The third-order valence-electron chi connectivity index (χ3n) is 15.7. The van der Waals surface area contributed by atoms with E-state index < -0.39 is 29.2 Å². The summed E-state index contributed by atoms with van der Waals surface area (Å²) in [7, 11) is 0. The van der Waals surface area contributed by atoms with E-state index in [-0.39, 0.29) is 45.9 Å². The van der Waals surface area contributed by atoms with Crippen molar-refractivity contribution in [1.29, 1.82) is 0 Å². The summed E-state index contributed by atoms with van der Waals surface area (Å²) in [5.41, 5.74) is -1.31. The van der Waals surface area contributed by atoms with Gasteiger partial charge in [0, 0.05) is 37.4 Å². The summed E-state index contributed by atoms with van der Waals surface area (Å²) >= 11 is 0. The molecule has 47 heavy (non-hydrogen) atoms. The maximum absolute atomic E-state index is 12.5. The van der Waals surface area contributed by atoms with Crippen LogP contribution in [0.15, 0.2) is 0 Å². The smallest absolute Gasteiger partial charge is 0.303 e. The second-order valence-corrected chi connectivity index (χ2v) is 18.8. The van der Waals surface area contributed by atoms with Gasteiger partial charge < -0.3 is 29.2 Å². The Hall–Kier alpha value is -0.770. The van der Waals surface area contributed by atoms with Gasteiger partial charge in [-0.15, -0.1) is 0 Å². The quantitative estimate of drug-likeness (QED) is 0.337. The monoisotopic (exact) mass is 654 g/mol. The van der Waals surface area contributed by atoms with Gasteiger partial charge in [0.2, 0.25) is 0 Å². The standard InChI is InChI=1S/C39H60NO7/c1-22-19-25(33(35(5,6)43)45-23(2)41)46-31-30(22)36(7)15-16-39-21-38(39)14-13-28(47-29-20-40(17-18-44-29)24-9-10-24)34(3,4)26(38)11-12-27(39)37(36,8)32(31)42/h22,24,26,28-30,32-33,42-43H,9-21H2,1-8H3/t22-,26+,28?,29+,30+,32+,33+,36-,37-,38-,39+/m1/s1. The van der Waals surface area contributed by atoms with Crippen LogP contribution in [0.25, 0.3) is 0 Å². The Kier molecular flexibility index (Phi) is 7.55. The zero-order valence-corrected chi connectivity index (χ0v) is 30.2. The summed E-state index contributed by atoms with van der Waals surface area (Å²) in [6, 6.07) is 0.743. The van der Waals surface area contributed by atoms with Gasteiger partial charge >= 0.3 is 5.97 Å². The maximum Gasteiger partial charge on any atom is 0.303 e. The zero-order chi connectivity index (χ0) is 33.5. The highest BCUT2D eigenvalue weighted by atomic mass is 16.7. The molecule has 2 heterocycles. The molecule has 11 atom stereocenters. The van der Waals surface area contributed by atoms with Crippen LogP contribution in [-0.4, -0.2) is 77.0 Å². The van der Waals surface area contributed by atoms with Crippen LogP contribution < -0.4 is 0 Å². The van der Waals surface area contributed by atoms with Crippen LogP contribution in [0.3, 0.4) is 0 Å². The molecule has 2 aliphatic heterocycles. The van der Waals surface area contributed by atoms with Gasteiger partial charge in [-0.2, -0.15) is 0 Å². The largest absolute Gasteiger partial charge is 0.456 e. The lowest BCUT2D eigenvalue weighted by Crippen LogP contribution is -2.59. The SMILES string of the molecule is CC(=O)O[C@@H]([C]1C[C@@H](C)[C@H]2[C](O1)[C@H](O)[C@@]1(C)[C]3CC[C@H]4C(C)(C)C(O[C@H]5CN(C6CC6)CCO5)CC[C@@]45C[C@@]35CC[C@]21C)C(C)(C)O. The molecule has 8 fully saturated rings. The number of morpholine rings is 1. The van der Waals surface area contributed by atoms with Gasteiger partial charge in [0.25, 0.3) is 0 Å². The zero-order valence-electron chi connectivity index (χ0n) is 30.2. The first-order chi connectivity index (χ1) is 22.0. The average Bonchev–Trinajstić information content (AvgIpc) is 3.91. The van der Waals surface area contributed by atoms with Crippen molar-refractivity contribution in [2.45, 2.75) is 156 Å². The van der Waals surface area contributed by atoms with Gasteiger partial charge in [-0.1, -0.05) is 34.6 Å². The Bertz CT molecular complexity index is 1260. The van der Waals surface area contributed by atoms with Gasteiger partial charge in [-0.25, -0.2) is 0 Å². The van der Waals surface area contributed by atoms with Gasteiger partial charge in [0.15, 0.2) is 12.4 Å². The Morgan fingerprint density at radius 1 is 1.09 bits per heavy atom. The first-order valence-corrected chi connectivity index (χ1v) is 18.9. The number of nitrogens with zero attached hydrogens (tertiary/aromatic N) is 1. The molecule has 0 aromatic carbocycles. The number of carbonyl (C=O) groups is 1. The fraction of sp³-hybridized carbons (Fsp3) is 0.897. The van der Waals surface area contributed by atoms with Crippen LogP contribution in [0.2, 0.25) is 0 Å². The second kappa shape index (κ2) is 10.6. The minimum Gasteiger partial charge on any atom is -0.456 e. The van der Waals surface area contributed by atoms with Crippen molar-refractivity contribution < 1.29 is 34.0 Å². The van der Waals surface area contributed by atoms with Gasteiger partial charge in [-0.05, 0) is 117 Å². The van der Waals surface area contributed by atoms with E-state index in [9.17, 15) is 15.0 Å². The molecule has 8 heteroatoms. The van der Waals surface area contributed by atoms with Gasteiger partial charge in [0.05, 0.1) is 24.4 Å². The number of fused-ring (bicyclic) bond motifs is 4. The number of esters is 1. The summed E-state index contributed by atoms with van der Waals surface area (Å²) in [6.45, 7) is 19.4. The summed E-state index contributed by atoms with van der Waals surface area (Å²) in [5, 5.41) is 23.5. The number of ether oxygens (including phenoxy) is 4. The van der Waals surface area contributed by atoms with E-state index in [0.717, 1.165) is 57.5 Å². The summed E-state index contributed by atoms with van der Waals surface area (Å²) in [5.74, 6) is 2.05. The molecule has 2 spiro atoms. The molecule has 8 aliphatic rings. The molecule has 0 bridgehead atoms. The molecule has 0 aromatic rings. The van der Waals surface area contributed by atoms with E-state index in [4.69, 9.17) is 18.9 Å². The number of aliphatic hydroxyl groups is 2. The van der Waals surface area contributed by atoms with Gasteiger partial charge in [-0.3, -0.25) is 9.69 Å².